The minimum absolute atomic E-state index is 0.0255. The fraction of sp³-hybridized carbons (Fsp3) is 0.227. The maximum atomic E-state index is 13.1. The maximum absolute atomic E-state index is 13.1. The molecule has 0 radical (unpaired) electrons. The summed E-state index contributed by atoms with van der Waals surface area (Å²) in [5, 5.41) is 3.13. The Morgan fingerprint density at radius 2 is 1.74 bits per heavy atom. The summed E-state index contributed by atoms with van der Waals surface area (Å²) in [7, 11) is 0. The summed E-state index contributed by atoms with van der Waals surface area (Å²) in [6.45, 7) is 5.92. The number of carbonyl (C=O) groups excluding carboxylic acids is 1. The number of aromatic amines is 1. The zero-order valence-electron chi connectivity index (χ0n) is 15.7. The summed E-state index contributed by atoms with van der Waals surface area (Å²) < 4.78 is 0. The zero-order valence-corrected chi connectivity index (χ0v) is 15.7. The number of nitrogens with zero attached hydrogens (tertiary/aromatic N) is 1. The van der Waals surface area contributed by atoms with Crippen LogP contribution in [-0.2, 0) is 0 Å². The van der Waals surface area contributed by atoms with Gasteiger partial charge in [-0.05, 0) is 47.7 Å². The van der Waals surface area contributed by atoms with Crippen LogP contribution in [0.5, 0.6) is 0 Å². The predicted octanol–water partition coefficient (Wildman–Crippen LogP) is 3.72. The standard InChI is InChI=1S/C22H23N3O2/c1-14(2)20-18(8-9-19(26)24-20)22(27)25-21(16-10-12-23-13-11-16)17-7-5-4-6-15(17)3/h4-14,21H,1-3H3,(H,24,26)(H,25,27). The highest BCUT2D eigenvalue weighted by Crippen LogP contribution is 2.25. The first kappa shape index (κ1) is 18.6. The molecule has 0 bridgehead atoms. The van der Waals surface area contributed by atoms with Gasteiger partial charge in [0.2, 0.25) is 5.56 Å². The van der Waals surface area contributed by atoms with Crippen LogP contribution in [0.15, 0.2) is 65.7 Å². The Balaban J connectivity index is 2.02. The molecule has 5 heteroatoms. The minimum atomic E-state index is -0.311. The Bertz CT molecular complexity index is 994. The average Bonchev–Trinajstić information content (AvgIpc) is 2.67. The summed E-state index contributed by atoms with van der Waals surface area (Å²) in [5.41, 5.74) is 3.97. The van der Waals surface area contributed by atoms with E-state index in [1.807, 2.05) is 57.2 Å². The van der Waals surface area contributed by atoms with E-state index in [-0.39, 0.29) is 23.4 Å². The molecule has 0 saturated heterocycles. The molecule has 3 rings (SSSR count). The van der Waals surface area contributed by atoms with Gasteiger partial charge in [-0.3, -0.25) is 14.6 Å². The third kappa shape index (κ3) is 4.14. The monoisotopic (exact) mass is 361 g/mol. The van der Waals surface area contributed by atoms with Gasteiger partial charge in [0.25, 0.3) is 5.91 Å². The van der Waals surface area contributed by atoms with Crippen LogP contribution < -0.4 is 10.9 Å². The van der Waals surface area contributed by atoms with E-state index in [4.69, 9.17) is 0 Å². The molecular formula is C22H23N3O2. The molecule has 2 N–H and O–H groups in total. The third-order valence-corrected chi connectivity index (χ3v) is 4.59. The minimum Gasteiger partial charge on any atom is -0.341 e. The van der Waals surface area contributed by atoms with Gasteiger partial charge in [0.15, 0.2) is 0 Å². The van der Waals surface area contributed by atoms with Crippen LogP contribution in [0.1, 0.15) is 58.5 Å². The molecule has 2 heterocycles. The van der Waals surface area contributed by atoms with Crippen LogP contribution in [0.3, 0.4) is 0 Å². The lowest BCUT2D eigenvalue weighted by Crippen LogP contribution is -2.31. The van der Waals surface area contributed by atoms with Crippen LogP contribution in [0.2, 0.25) is 0 Å². The lowest BCUT2D eigenvalue weighted by molar-refractivity contribution is 0.0941. The molecule has 1 unspecified atom stereocenters. The number of H-pyrrole nitrogens is 1. The predicted molar refractivity (Wildman–Crippen MR) is 106 cm³/mol. The molecule has 5 nitrogen and oxygen atoms in total. The van der Waals surface area contributed by atoms with Crippen molar-refractivity contribution in [2.45, 2.75) is 32.7 Å². The third-order valence-electron chi connectivity index (χ3n) is 4.59. The fourth-order valence-electron chi connectivity index (χ4n) is 3.16. The van der Waals surface area contributed by atoms with Crippen molar-refractivity contribution < 1.29 is 4.79 Å². The molecule has 2 aromatic heterocycles. The van der Waals surface area contributed by atoms with Crippen molar-refractivity contribution in [2.75, 3.05) is 0 Å². The van der Waals surface area contributed by atoms with E-state index >= 15 is 0 Å². The van der Waals surface area contributed by atoms with Crippen molar-refractivity contribution in [3.8, 4) is 0 Å². The number of pyridine rings is 2. The van der Waals surface area contributed by atoms with Crippen molar-refractivity contribution in [3.05, 3.63) is 99.2 Å². The van der Waals surface area contributed by atoms with Crippen LogP contribution in [0, 0.1) is 6.92 Å². The zero-order chi connectivity index (χ0) is 19.4. The summed E-state index contributed by atoms with van der Waals surface area (Å²) in [6.07, 6.45) is 3.43. The van der Waals surface area contributed by atoms with Gasteiger partial charge in [-0.25, -0.2) is 0 Å². The Kier molecular flexibility index (Phi) is 5.50. The summed E-state index contributed by atoms with van der Waals surface area (Å²) in [4.78, 5) is 31.7. The lowest BCUT2D eigenvalue weighted by Gasteiger charge is -2.22. The number of benzene rings is 1. The first-order valence-electron chi connectivity index (χ1n) is 8.97. The SMILES string of the molecule is Cc1ccccc1C(NC(=O)c1ccc(=O)[nH]c1C(C)C)c1ccncc1. The highest BCUT2D eigenvalue weighted by molar-refractivity contribution is 5.95. The van der Waals surface area contributed by atoms with Crippen LogP contribution in [-0.4, -0.2) is 15.9 Å². The molecule has 1 atom stereocenters. The van der Waals surface area contributed by atoms with Crippen molar-refractivity contribution in [1.82, 2.24) is 15.3 Å². The highest BCUT2D eigenvalue weighted by atomic mass is 16.2. The van der Waals surface area contributed by atoms with Gasteiger partial charge in [-0.2, -0.15) is 0 Å². The second kappa shape index (κ2) is 7.99. The van der Waals surface area contributed by atoms with E-state index < -0.39 is 0 Å². The van der Waals surface area contributed by atoms with E-state index in [9.17, 15) is 9.59 Å². The van der Waals surface area contributed by atoms with E-state index in [1.54, 1.807) is 18.5 Å². The van der Waals surface area contributed by atoms with Gasteiger partial charge in [0.05, 0.1) is 11.6 Å². The molecule has 27 heavy (non-hydrogen) atoms. The molecular weight excluding hydrogens is 338 g/mol. The normalized spacial score (nSPS) is 12.0. The number of rotatable bonds is 5. The van der Waals surface area contributed by atoms with Crippen molar-refractivity contribution in [2.24, 2.45) is 0 Å². The van der Waals surface area contributed by atoms with Gasteiger partial charge in [0.1, 0.15) is 0 Å². The Labute approximate surface area is 158 Å². The maximum Gasteiger partial charge on any atom is 0.253 e. The van der Waals surface area contributed by atoms with E-state index in [1.165, 1.54) is 6.07 Å². The van der Waals surface area contributed by atoms with Gasteiger partial charge in [-0.1, -0.05) is 38.1 Å². The van der Waals surface area contributed by atoms with Crippen molar-refractivity contribution in [1.29, 1.82) is 0 Å². The molecule has 0 aliphatic rings. The lowest BCUT2D eigenvalue weighted by atomic mass is 9.95. The molecule has 0 aliphatic heterocycles. The first-order chi connectivity index (χ1) is 13.0. The van der Waals surface area contributed by atoms with Gasteiger partial charge in [-0.15, -0.1) is 0 Å². The molecule has 0 fully saturated rings. The van der Waals surface area contributed by atoms with Crippen LogP contribution >= 0.6 is 0 Å². The first-order valence-corrected chi connectivity index (χ1v) is 8.97. The molecule has 3 aromatic rings. The van der Waals surface area contributed by atoms with E-state index in [0.717, 1.165) is 16.7 Å². The molecule has 0 aliphatic carbocycles. The quantitative estimate of drug-likeness (QED) is 0.727. The second-order valence-corrected chi connectivity index (χ2v) is 6.85. The Hall–Kier alpha value is -3.21. The molecule has 138 valence electrons. The molecule has 0 spiro atoms. The molecule has 1 amide bonds. The number of hydrogen-bond acceptors (Lipinski definition) is 3. The number of aromatic nitrogens is 2. The Morgan fingerprint density at radius 1 is 1.04 bits per heavy atom. The molecule has 1 aromatic carbocycles. The van der Waals surface area contributed by atoms with E-state index in [2.05, 4.69) is 15.3 Å². The largest absolute Gasteiger partial charge is 0.341 e. The van der Waals surface area contributed by atoms with Crippen molar-refractivity contribution in [3.63, 3.8) is 0 Å². The topological polar surface area (TPSA) is 74.8 Å². The number of nitrogens with one attached hydrogen (secondary N) is 2. The van der Waals surface area contributed by atoms with Gasteiger partial charge in [0, 0.05) is 24.2 Å². The second-order valence-electron chi connectivity index (χ2n) is 6.85. The smallest absolute Gasteiger partial charge is 0.253 e. The summed E-state index contributed by atoms with van der Waals surface area (Å²) in [5.74, 6) is -0.197. The number of hydrogen-bond donors (Lipinski definition) is 2. The van der Waals surface area contributed by atoms with Crippen molar-refractivity contribution >= 4 is 5.91 Å². The summed E-state index contributed by atoms with van der Waals surface area (Å²) >= 11 is 0. The Morgan fingerprint density at radius 3 is 2.41 bits per heavy atom. The van der Waals surface area contributed by atoms with Crippen LogP contribution in [0.25, 0.3) is 0 Å². The summed E-state index contributed by atoms with van der Waals surface area (Å²) in [6, 6.07) is 14.4. The van der Waals surface area contributed by atoms with Crippen LogP contribution in [0.4, 0.5) is 0 Å². The fourth-order valence-corrected chi connectivity index (χ4v) is 3.16. The van der Waals surface area contributed by atoms with Gasteiger partial charge >= 0.3 is 0 Å². The average molecular weight is 361 g/mol. The number of carbonyl (C=O) groups is 1. The molecule has 0 saturated carbocycles. The number of aryl methyl sites for hydroxylation is 1. The highest BCUT2D eigenvalue weighted by Gasteiger charge is 2.22. The number of amides is 1. The van der Waals surface area contributed by atoms with E-state index in [0.29, 0.717) is 11.3 Å². The van der Waals surface area contributed by atoms with Gasteiger partial charge < -0.3 is 10.3 Å².